The molecule has 0 radical (unpaired) electrons. The van der Waals surface area contributed by atoms with Crippen molar-refractivity contribution in [2.75, 3.05) is 7.05 Å². The zero-order chi connectivity index (χ0) is 10.7. The molecule has 1 aromatic carbocycles. The van der Waals surface area contributed by atoms with Crippen molar-refractivity contribution in [3.63, 3.8) is 0 Å². The van der Waals surface area contributed by atoms with Gasteiger partial charge in [-0.2, -0.15) is 0 Å². The highest BCUT2D eigenvalue weighted by molar-refractivity contribution is 9.10. The summed E-state index contributed by atoms with van der Waals surface area (Å²) in [5.74, 6) is 5.07. The third-order valence-corrected chi connectivity index (χ3v) is 2.81. The first-order valence-electron chi connectivity index (χ1n) is 4.30. The molecule has 76 valence electrons. The van der Waals surface area contributed by atoms with Gasteiger partial charge in [0, 0.05) is 11.5 Å². The van der Waals surface area contributed by atoms with Crippen molar-refractivity contribution < 1.29 is 4.79 Å². The number of nitrogens with two attached hydrogens (primary N) is 1. The van der Waals surface area contributed by atoms with E-state index in [1.54, 1.807) is 7.05 Å². The zero-order valence-electron chi connectivity index (χ0n) is 8.20. The summed E-state index contributed by atoms with van der Waals surface area (Å²) in [5.41, 5.74) is 0.954. The number of hydrazine groups is 1. The minimum atomic E-state index is -0.222. The van der Waals surface area contributed by atoms with Crippen molar-refractivity contribution >= 4 is 21.8 Å². The second-order valence-electron chi connectivity index (χ2n) is 3.19. The van der Waals surface area contributed by atoms with Crippen LogP contribution in [0.15, 0.2) is 28.7 Å². The van der Waals surface area contributed by atoms with Gasteiger partial charge < -0.3 is 0 Å². The molecule has 0 heterocycles. The summed E-state index contributed by atoms with van der Waals surface area (Å²) in [4.78, 5) is 11.6. The van der Waals surface area contributed by atoms with Gasteiger partial charge in [0.05, 0.1) is 5.92 Å². The first-order chi connectivity index (χ1) is 6.54. The van der Waals surface area contributed by atoms with Crippen molar-refractivity contribution in [2.24, 2.45) is 5.84 Å². The summed E-state index contributed by atoms with van der Waals surface area (Å²) >= 11 is 3.40. The molecule has 0 aliphatic rings. The van der Waals surface area contributed by atoms with Crippen molar-refractivity contribution in [3.05, 3.63) is 34.3 Å². The average molecular weight is 257 g/mol. The van der Waals surface area contributed by atoms with Crippen molar-refractivity contribution in [1.29, 1.82) is 0 Å². The van der Waals surface area contributed by atoms with E-state index in [-0.39, 0.29) is 11.8 Å². The van der Waals surface area contributed by atoms with E-state index in [0.29, 0.717) is 0 Å². The smallest absolute Gasteiger partial charge is 0.243 e. The van der Waals surface area contributed by atoms with Gasteiger partial charge in [0.15, 0.2) is 0 Å². The molecule has 0 fully saturated rings. The number of amides is 1. The number of halogens is 1. The van der Waals surface area contributed by atoms with E-state index in [1.165, 1.54) is 0 Å². The molecule has 0 saturated carbocycles. The number of benzene rings is 1. The van der Waals surface area contributed by atoms with Gasteiger partial charge in [0.25, 0.3) is 0 Å². The molecule has 1 amide bonds. The molecule has 0 saturated heterocycles. The lowest BCUT2D eigenvalue weighted by atomic mass is 10.0. The van der Waals surface area contributed by atoms with Crippen LogP contribution < -0.4 is 5.84 Å². The zero-order valence-corrected chi connectivity index (χ0v) is 9.78. The fraction of sp³-hybridized carbons (Fsp3) is 0.300. The Balaban J connectivity index is 2.95. The predicted molar refractivity (Wildman–Crippen MR) is 59.5 cm³/mol. The molecule has 0 aromatic heterocycles. The van der Waals surface area contributed by atoms with Crippen molar-refractivity contribution in [1.82, 2.24) is 5.01 Å². The molecule has 2 N–H and O–H groups in total. The second-order valence-corrected chi connectivity index (χ2v) is 4.05. The topological polar surface area (TPSA) is 46.3 Å². The molecule has 3 nitrogen and oxygen atoms in total. The number of likely N-dealkylation sites (N-methyl/N-ethyl adjacent to an activating group) is 1. The molecule has 14 heavy (non-hydrogen) atoms. The van der Waals surface area contributed by atoms with Crippen LogP contribution in [0.4, 0.5) is 0 Å². The summed E-state index contributed by atoms with van der Waals surface area (Å²) in [6.45, 7) is 1.84. The van der Waals surface area contributed by atoms with E-state index in [1.807, 2.05) is 31.2 Å². The fourth-order valence-corrected chi connectivity index (χ4v) is 1.89. The standard InChI is InChI=1S/C10H13BrN2O/c1-7(10(14)13(2)12)8-5-3-4-6-9(8)11/h3-7H,12H2,1-2H3. The van der Waals surface area contributed by atoms with E-state index in [4.69, 9.17) is 5.84 Å². The number of hydrogen-bond donors (Lipinski definition) is 1. The molecule has 0 spiro atoms. The Labute approximate surface area is 92.0 Å². The quantitative estimate of drug-likeness (QED) is 0.499. The molecular weight excluding hydrogens is 244 g/mol. The van der Waals surface area contributed by atoms with Gasteiger partial charge >= 0.3 is 0 Å². The second kappa shape index (κ2) is 4.57. The Morgan fingerprint density at radius 2 is 2.07 bits per heavy atom. The SMILES string of the molecule is CC(C(=O)N(C)N)c1ccccc1Br. The van der Waals surface area contributed by atoms with Crippen LogP contribution in [0.3, 0.4) is 0 Å². The molecule has 1 rings (SSSR count). The third-order valence-electron chi connectivity index (χ3n) is 2.09. The molecular formula is C10H13BrN2O. The number of nitrogens with zero attached hydrogens (tertiary/aromatic N) is 1. The van der Waals surface area contributed by atoms with Gasteiger partial charge in [0.2, 0.25) is 5.91 Å². The maximum absolute atomic E-state index is 11.6. The molecule has 1 atom stereocenters. The number of rotatable bonds is 2. The maximum atomic E-state index is 11.6. The van der Waals surface area contributed by atoms with Crippen LogP contribution in [-0.4, -0.2) is 18.0 Å². The van der Waals surface area contributed by atoms with Crippen LogP contribution in [0.25, 0.3) is 0 Å². The summed E-state index contributed by atoms with van der Waals surface area (Å²) in [5, 5.41) is 1.12. The van der Waals surface area contributed by atoms with E-state index < -0.39 is 0 Å². The normalized spacial score (nSPS) is 12.3. The Morgan fingerprint density at radius 3 is 2.57 bits per heavy atom. The highest BCUT2D eigenvalue weighted by atomic mass is 79.9. The molecule has 4 heteroatoms. The average Bonchev–Trinajstić information content (AvgIpc) is 2.16. The Kier molecular flexibility index (Phi) is 3.66. The van der Waals surface area contributed by atoms with Crippen LogP contribution in [0.1, 0.15) is 18.4 Å². The molecule has 1 aromatic rings. The highest BCUT2D eigenvalue weighted by Gasteiger charge is 2.18. The van der Waals surface area contributed by atoms with Gasteiger partial charge in [0.1, 0.15) is 0 Å². The Hall–Kier alpha value is -0.870. The monoisotopic (exact) mass is 256 g/mol. The summed E-state index contributed by atoms with van der Waals surface area (Å²) in [7, 11) is 1.55. The Morgan fingerprint density at radius 1 is 1.50 bits per heavy atom. The summed E-state index contributed by atoms with van der Waals surface area (Å²) in [6.07, 6.45) is 0. The lowest BCUT2D eigenvalue weighted by Crippen LogP contribution is -2.36. The molecule has 0 aliphatic carbocycles. The lowest BCUT2D eigenvalue weighted by Gasteiger charge is -2.17. The van der Waals surface area contributed by atoms with Crippen molar-refractivity contribution in [3.8, 4) is 0 Å². The highest BCUT2D eigenvalue weighted by Crippen LogP contribution is 2.25. The van der Waals surface area contributed by atoms with E-state index in [9.17, 15) is 4.79 Å². The minimum absolute atomic E-state index is 0.100. The van der Waals surface area contributed by atoms with Gasteiger partial charge in [-0.15, -0.1) is 0 Å². The molecule has 0 aliphatic heterocycles. The first kappa shape index (κ1) is 11.2. The van der Waals surface area contributed by atoms with E-state index in [0.717, 1.165) is 15.0 Å². The maximum Gasteiger partial charge on any atom is 0.243 e. The third kappa shape index (κ3) is 2.33. The van der Waals surface area contributed by atoms with Gasteiger partial charge in [-0.05, 0) is 18.6 Å². The van der Waals surface area contributed by atoms with Gasteiger partial charge in [-0.3, -0.25) is 9.80 Å². The summed E-state index contributed by atoms with van der Waals surface area (Å²) in [6, 6.07) is 7.64. The van der Waals surface area contributed by atoms with E-state index in [2.05, 4.69) is 15.9 Å². The minimum Gasteiger partial charge on any atom is -0.283 e. The molecule has 0 bridgehead atoms. The largest absolute Gasteiger partial charge is 0.283 e. The van der Waals surface area contributed by atoms with Crippen LogP contribution in [-0.2, 0) is 4.79 Å². The number of hydrogen-bond acceptors (Lipinski definition) is 2. The van der Waals surface area contributed by atoms with Crippen LogP contribution in [0.5, 0.6) is 0 Å². The number of carbonyl (C=O) groups is 1. The Bertz CT molecular complexity index is 339. The molecule has 1 unspecified atom stereocenters. The summed E-state index contributed by atoms with van der Waals surface area (Å²) < 4.78 is 0.933. The van der Waals surface area contributed by atoms with Gasteiger partial charge in [-0.25, -0.2) is 5.84 Å². The fourth-order valence-electron chi connectivity index (χ4n) is 1.26. The van der Waals surface area contributed by atoms with Crippen LogP contribution in [0, 0.1) is 0 Å². The van der Waals surface area contributed by atoms with Crippen molar-refractivity contribution in [2.45, 2.75) is 12.8 Å². The first-order valence-corrected chi connectivity index (χ1v) is 5.10. The predicted octanol–water partition coefficient (Wildman–Crippen LogP) is 1.88. The van der Waals surface area contributed by atoms with Crippen LogP contribution >= 0.6 is 15.9 Å². The lowest BCUT2D eigenvalue weighted by molar-refractivity contribution is -0.131. The number of carbonyl (C=O) groups excluding carboxylic acids is 1. The van der Waals surface area contributed by atoms with Gasteiger partial charge in [-0.1, -0.05) is 34.1 Å². The van der Waals surface area contributed by atoms with E-state index >= 15 is 0 Å². The van der Waals surface area contributed by atoms with Crippen LogP contribution in [0.2, 0.25) is 0 Å².